The Labute approximate surface area is 170 Å². The van der Waals surface area contributed by atoms with Crippen molar-refractivity contribution < 1.29 is 0 Å². The van der Waals surface area contributed by atoms with Gasteiger partial charge in [-0.1, -0.05) is 63.1 Å². The van der Waals surface area contributed by atoms with Crippen LogP contribution in [0.15, 0.2) is 48.5 Å². The van der Waals surface area contributed by atoms with E-state index in [1.807, 2.05) is 0 Å². The summed E-state index contributed by atoms with van der Waals surface area (Å²) in [7, 11) is 0. The van der Waals surface area contributed by atoms with Crippen molar-refractivity contribution in [3.63, 3.8) is 0 Å². The third kappa shape index (κ3) is 5.02. The molecule has 1 aromatic heterocycles. The van der Waals surface area contributed by atoms with Crippen LogP contribution in [0.2, 0.25) is 0 Å². The van der Waals surface area contributed by atoms with Gasteiger partial charge in [0.2, 0.25) is 0 Å². The van der Waals surface area contributed by atoms with Crippen molar-refractivity contribution in [3.8, 4) is 11.4 Å². The van der Waals surface area contributed by atoms with Crippen LogP contribution < -0.4 is 0 Å². The van der Waals surface area contributed by atoms with Crippen molar-refractivity contribution in [2.75, 3.05) is 19.6 Å². The molecule has 0 bridgehead atoms. The fourth-order valence-corrected chi connectivity index (χ4v) is 3.88. The maximum atomic E-state index is 4.99. The maximum absolute atomic E-state index is 4.99. The van der Waals surface area contributed by atoms with Gasteiger partial charge in [-0.2, -0.15) is 0 Å². The molecule has 0 unspecified atom stereocenters. The highest BCUT2D eigenvalue weighted by Gasteiger charge is 2.14. The zero-order chi connectivity index (χ0) is 19.8. The van der Waals surface area contributed by atoms with Crippen LogP contribution in [-0.2, 0) is 6.54 Å². The van der Waals surface area contributed by atoms with Crippen LogP contribution >= 0.6 is 0 Å². The predicted molar refractivity (Wildman–Crippen MR) is 121 cm³/mol. The molecular weight excluding hydrogens is 342 g/mol. The minimum atomic E-state index is 1.01. The number of hydrogen-bond acceptors (Lipinski definition) is 2. The van der Waals surface area contributed by atoms with Gasteiger partial charge in [-0.05, 0) is 63.5 Å². The summed E-state index contributed by atoms with van der Waals surface area (Å²) < 4.78 is 2.43. The second kappa shape index (κ2) is 10.4. The van der Waals surface area contributed by atoms with Gasteiger partial charge in [-0.3, -0.25) is 0 Å². The fraction of sp³-hybridized carbons (Fsp3) is 0.480. The van der Waals surface area contributed by atoms with Gasteiger partial charge in [-0.25, -0.2) is 4.98 Å². The van der Waals surface area contributed by atoms with Crippen LogP contribution in [-0.4, -0.2) is 34.1 Å². The van der Waals surface area contributed by atoms with Gasteiger partial charge in [-0.15, -0.1) is 0 Å². The van der Waals surface area contributed by atoms with Gasteiger partial charge < -0.3 is 9.47 Å². The number of hydrogen-bond donors (Lipinski definition) is 0. The summed E-state index contributed by atoms with van der Waals surface area (Å²) in [4.78, 5) is 7.64. The highest BCUT2D eigenvalue weighted by molar-refractivity contribution is 5.81. The number of para-hydroxylation sites is 2. The van der Waals surface area contributed by atoms with Crippen molar-refractivity contribution in [2.45, 2.75) is 59.4 Å². The summed E-state index contributed by atoms with van der Waals surface area (Å²) in [5.74, 6) is 1.10. The molecule has 0 radical (unpaired) electrons. The topological polar surface area (TPSA) is 21.1 Å². The molecule has 1 heterocycles. The minimum absolute atomic E-state index is 1.01. The standard InChI is InChI=1S/C25H35N3/c1-4-6-17-27(18-7-5-2)19-12-20-28-24-16-11-10-15-23(24)26-25(28)22-14-9-8-13-21(22)3/h8-11,13-16H,4-7,12,17-20H2,1-3H3. The summed E-state index contributed by atoms with van der Waals surface area (Å²) in [5.41, 5.74) is 4.86. The monoisotopic (exact) mass is 377 g/mol. The number of aryl methyl sites for hydroxylation is 2. The van der Waals surface area contributed by atoms with Crippen LogP contribution in [0.1, 0.15) is 51.5 Å². The van der Waals surface area contributed by atoms with E-state index in [1.165, 1.54) is 62.0 Å². The van der Waals surface area contributed by atoms with E-state index in [1.54, 1.807) is 0 Å². The summed E-state index contributed by atoms with van der Waals surface area (Å²) in [6.07, 6.45) is 6.30. The van der Waals surface area contributed by atoms with Gasteiger partial charge >= 0.3 is 0 Å². The lowest BCUT2D eigenvalue weighted by atomic mass is 10.1. The van der Waals surface area contributed by atoms with Crippen molar-refractivity contribution in [3.05, 3.63) is 54.1 Å². The molecule has 0 aliphatic carbocycles. The van der Waals surface area contributed by atoms with Gasteiger partial charge in [0.15, 0.2) is 0 Å². The molecule has 0 spiro atoms. The molecule has 150 valence electrons. The van der Waals surface area contributed by atoms with E-state index in [0.29, 0.717) is 0 Å². The Bertz CT molecular complexity index is 857. The Morgan fingerprint density at radius 2 is 1.46 bits per heavy atom. The van der Waals surface area contributed by atoms with Crippen molar-refractivity contribution >= 4 is 11.0 Å². The van der Waals surface area contributed by atoms with E-state index in [9.17, 15) is 0 Å². The van der Waals surface area contributed by atoms with E-state index in [-0.39, 0.29) is 0 Å². The molecule has 3 aromatic rings. The van der Waals surface area contributed by atoms with E-state index < -0.39 is 0 Å². The van der Waals surface area contributed by atoms with Crippen molar-refractivity contribution in [1.82, 2.24) is 14.5 Å². The molecule has 0 aliphatic rings. The smallest absolute Gasteiger partial charge is 0.141 e. The Hall–Kier alpha value is -2.13. The lowest BCUT2D eigenvalue weighted by molar-refractivity contribution is 0.258. The number of nitrogens with zero attached hydrogens (tertiary/aromatic N) is 3. The molecule has 0 fully saturated rings. The largest absolute Gasteiger partial charge is 0.324 e. The summed E-state index contributed by atoms with van der Waals surface area (Å²) >= 11 is 0. The molecule has 0 N–H and O–H groups in total. The van der Waals surface area contributed by atoms with E-state index in [0.717, 1.165) is 24.3 Å². The fourth-order valence-electron chi connectivity index (χ4n) is 3.88. The van der Waals surface area contributed by atoms with Gasteiger partial charge in [0.1, 0.15) is 5.82 Å². The number of benzene rings is 2. The average molecular weight is 378 g/mol. The minimum Gasteiger partial charge on any atom is -0.324 e. The first kappa shape index (κ1) is 20.6. The van der Waals surface area contributed by atoms with E-state index in [2.05, 4.69) is 78.8 Å². The maximum Gasteiger partial charge on any atom is 0.141 e. The number of aromatic nitrogens is 2. The highest BCUT2D eigenvalue weighted by atomic mass is 15.1. The SMILES string of the molecule is CCCCN(CCCC)CCCn1c(-c2ccccc2C)nc2ccccc21. The molecule has 0 saturated heterocycles. The predicted octanol–water partition coefficient (Wildman–Crippen LogP) is 6.30. The lowest BCUT2D eigenvalue weighted by Gasteiger charge is -2.22. The lowest BCUT2D eigenvalue weighted by Crippen LogP contribution is -2.28. The Morgan fingerprint density at radius 3 is 2.18 bits per heavy atom. The van der Waals surface area contributed by atoms with Gasteiger partial charge in [0.25, 0.3) is 0 Å². The van der Waals surface area contributed by atoms with Gasteiger partial charge in [0, 0.05) is 12.1 Å². The average Bonchev–Trinajstić information content (AvgIpc) is 3.08. The second-order valence-corrected chi connectivity index (χ2v) is 7.79. The van der Waals surface area contributed by atoms with Crippen molar-refractivity contribution in [1.29, 1.82) is 0 Å². The first-order valence-electron chi connectivity index (χ1n) is 11.0. The molecule has 3 heteroatoms. The molecule has 2 aromatic carbocycles. The summed E-state index contributed by atoms with van der Waals surface area (Å²) in [6, 6.07) is 17.1. The van der Waals surface area contributed by atoms with Crippen LogP contribution in [0.3, 0.4) is 0 Å². The van der Waals surface area contributed by atoms with Crippen LogP contribution in [0.25, 0.3) is 22.4 Å². The van der Waals surface area contributed by atoms with E-state index >= 15 is 0 Å². The van der Waals surface area contributed by atoms with Crippen LogP contribution in [0, 0.1) is 6.92 Å². The summed E-state index contributed by atoms with van der Waals surface area (Å²) in [5, 5.41) is 0. The van der Waals surface area contributed by atoms with Crippen LogP contribution in [0.5, 0.6) is 0 Å². The molecule has 0 aliphatic heterocycles. The number of imidazole rings is 1. The van der Waals surface area contributed by atoms with Crippen LogP contribution in [0.4, 0.5) is 0 Å². The number of unbranched alkanes of at least 4 members (excludes halogenated alkanes) is 2. The van der Waals surface area contributed by atoms with Gasteiger partial charge in [0.05, 0.1) is 11.0 Å². The molecular formula is C25H35N3. The Morgan fingerprint density at radius 1 is 0.821 bits per heavy atom. The third-order valence-corrected chi connectivity index (χ3v) is 5.55. The third-order valence-electron chi connectivity index (χ3n) is 5.55. The first-order chi connectivity index (χ1) is 13.7. The number of rotatable bonds is 11. The zero-order valence-corrected chi connectivity index (χ0v) is 17.8. The Balaban J connectivity index is 1.80. The molecule has 3 rings (SSSR count). The molecule has 0 amide bonds. The van der Waals surface area contributed by atoms with Crippen molar-refractivity contribution in [2.24, 2.45) is 0 Å². The zero-order valence-electron chi connectivity index (χ0n) is 17.8. The van der Waals surface area contributed by atoms with E-state index in [4.69, 9.17) is 4.98 Å². The molecule has 28 heavy (non-hydrogen) atoms. The Kier molecular flexibility index (Phi) is 7.67. The highest BCUT2D eigenvalue weighted by Crippen LogP contribution is 2.27. The number of fused-ring (bicyclic) bond motifs is 1. The molecule has 3 nitrogen and oxygen atoms in total. The molecule has 0 atom stereocenters. The summed E-state index contributed by atoms with van der Waals surface area (Å²) in [6.45, 7) is 11.4. The molecule has 0 saturated carbocycles. The normalized spacial score (nSPS) is 11.6. The second-order valence-electron chi connectivity index (χ2n) is 7.79. The first-order valence-corrected chi connectivity index (χ1v) is 11.0. The quantitative estimate of drug-likeness (QED) is 0.391.